The van der Waals surface area contributed by atoms with Crippen LogP contribution in [0.2, 0.25) is 0 Å². The lowest BCUT2D eigenvalue weighted by atomic mass is 10.1. The molecule has 28 heavy (non-hydrogen) atoms. The van der Waals surface area contributed by atoms with E-state index in [1.165, 1.54) is 13.2 Å². The van der Waals surface area contributed by atoms with Crippen molar-refractivity contribution in [1.82, 2.24) is 5.32 Å². The van der Waals surface area contributed by atoms with Gasteiger partial charge in [0.1, 0.15) is 17.2 Å². The first-order chi connectivity index (χ1) is 13.2. The van der Waals surface area contributed by atoms with E-state index in [4.69, 9.17) is 4.74 Å². The van der Waals surface area contributed by atoms with Crippen LogP contribution in [0.5, 0.6) is 5.75 Å². The topological polar surface area (TPSA) is 75.7 Å². The van der Waals surface area contributed by atoms with Crippen LogP contribution < -0.4 is 14.4 Å². The molecule has 2 aromatic rings. The Kier molecular flexibility index (Phi) is 6.85. The number of nitrogens with one attached hydrogen (secondary N) is 1. The number of carbonyl (C=O) groups is 1. The zero-order chi connectivity index (χ0) is 20.9. The van der Waals surface area contributed by atoms with Crippen LogP contribution in [0.1, 0.15) is 16.7 Å². The number of ether oxygens (including phenoxy) is 1. The van der Waals surface area contributed by atoms with Crippen molar-refractivity contribution in [2.24, 2.45) is 0 Å². The lowest BCUT2D eigenvalue weighted by Gasteiger charge is -2.25. The standard InChI is InChI=1S/C21H26N2O4S/c1-6-9-22-21(24)14-23(18-11-16(3)10-17(4)12-18)28(25,26)20-13-15(2)7-8-19(20)27-5/h6-8,10-13H,1,9,14H2,2-5H3,(H,22,24). The Balaban J connectivity index is 2.61. The molecule has 0 saturated heterocycles. The van der Waals surface area contributed by atoms with Crippen LogP contribution in [0.15, 0.2) is 53.9 Å². The van der Waals surface area contributed by atoms with Gasteiger partial charge in [0, 0.05) is 6.54 Å². The molecular formula is C21H26N2O4S. The monoisotopic (exact) mass is 402 g/mol. The van der Waals surface area contributed by atoms with E-state index in [2.05, 4.69) is 11.9 Å². The fourth-order valence-electron chi connectivity index (χ4n) is 2.89. The first-order valence-corrected chi connectivity index (χ1v) is 10.3. The molecule has 0 aliphatic rings. The maximum Gasteiger partial charge on any atom is 0.268 e. The molecule has 7 heteroatoms. The minimum Gasteiger partial charge on any atom is -0.495 e. The second kappa shape index (κ2) is 8.93. The van der Waals surface area contributed by atoms with Crippen LogP contribution in [0.3, 0.4) is 0 Å². The highest BCUT2D eigenvalue weighted by molar-refractivity contribution is 7.93. The lowest BCUT2D eigenvalue weighted by molar-refractivity contribution is -0.119. The number of carbonyl (C=O) groups excluding carboxylic acids is 1. The number of aryl methyl sites for hydroxylation is 3. The highest BCUT2D eigenvalue weighted by Crippen LogP contribution is 2.31. The molecule has 0 atom stereocenters. The number of hydrogen-bond donors (Lipinski definition) is 1. The summed E-state index contributed by atoms with van der Waals surface area (Å²) in [6.07, 6.45) is 1.54. The average molecular weight is 403 g/mol. The number of rotatable bonds is 8. The van der Waals surface area contributed by atoms with E-state index >= 15 is 0 Å². The van der Waals surface area contributed by atoms with E-state index in [0.29, 0.717) is 5.69 Å². The zero-order valence-corrected chi connectivity index (χ0v) is 17.5. The number of methoxy groups -OCH3 is 1. The SMILES string of the molecule is C=CCNC(=O)CN(c1cc(C)cc(C)c1)S(=O)(=O)c1cc(C)ccc1OC. The maximum absolute atomic E-state index is 13.5. The molecule has 6 nitrogen and oxygen atoms in total. The summed E-state index contributed by atoms with van der Waals surface area (Å²) in [6, 6.07) is 10.4. The smallest absolute Gasteiger partial charge is 0.268 e. The van der Waals surface area contributed by atoms with Gasteiger partial charge < -0.3 is 10.1 Å². The van der Waals surface area contributed by atoms with Gasteiger partial charge >= 0.3 is 0 Å². The van der Waals surface area contributed by atoms with Crippen molar-refractivity contribution in [3.63, 3.8) is 0 Å². The summed E-state index contributed by atoms with van der Waals surface area (Å²) in [4.78, 5) is 12.4. The largest absolute Gasteiger partial charge is 0.495 e. The molecule has 2 aromatic carbocycles. The van der Waals surface area contributed by atoms with Crippen LogP contribution in [-0.4, -0.2) is 34.5 Å². The molecule has 0 saturated carbocycles. The Hall–Kier alpha value is -2.80. The molecule has 0 fully saturated rings. The van der Waals surface area contributed by atoms with Gasteiger partial charge in [-0.15, -0.1) is 6.58 Å². The lowest BCUT2D eigenvalue weighted by Crippen LogP contribution is -2.41. The number of nitrogens with zero attached hydrogens (tertiary/aromatic N) is 1. The molecule has 1 N–H and O–H groups in total. The molecule has 0 spiro atoms. The Morgan fingerprint density at radius 2 is 1.75 bits per heavy atom. The van der Waals surface area contributed by atoms with E-state index in [1.54, 1.807) is 37.3 Å². The van der Waals surface area contributed by atoms with Crippen molar-refractivity contribution in [1.29, 1.82) is 0 Å². The van der Waals surface area contributed by atoms with Gasteiger partial charge in [0.15, 0.2) is 0 Å². The first-order valence-electron chi connectivity index (χ1n) is 8.82. The second-order valence-corrected chi connectivity index (χ2v) is 8.44. The molecule has 0 heterocycles. The van der Waals surface area contributed by atoms with Gasteiger partial charge in [-0.25, -0.2) is 8.42 Å². The summed E-state index contributed by atoms with van der Waals surface area (Å²) in [5.74, 6) is -0.194. The van der Waals surface area contributed by atoms with Crippen LogP contribution in [0.25, 0.3) is 0 Å². The quantitative estimate of drug-likeness (QED) is 0.689. The molecule has 0 unspecified atom stereocenters. The van der Waals surface area contributed by atoms with Gasteiger partial charge in [-0.1, -0.05) is 18.2 Å². The van der Waals surface area contributed by atoms with E-state index in [1.807, 2.05) is 19.9 Å². The van der Waals surface area contributed by atoms with E-state index in [0.717, 1.165) is 21.0 Å². The Labute approximate surface area is 166 Å². The van der Waals surface area contributed by atoms with Crippen molar-refractivity contribution in [2.45, 2.75) is 25.7 Å². The van der Waals surface area contributed by atoms with Crippen LogP contribution >= 0.6 is 0 Å². The van der Waals surface area contributed by atoms with Gasteiger partial charge in [0.05, 0.1) is 12.8 Å². The van der Waals surface area contributed by atoms with Crippen molar-refractivity contribution < 1.29 is 17.9 Å². The van der Waals surface area contributed by atoms with E-state index in [9.17, 15) is 13.2 Å². The van der Waals surface area contributed by atoms with Gasteiger partial charge in [0.25, 0.3) is 10.0 Å². The van der Waals surface area contributed by atoms with Gasteiger partial charge in [-0.05, 0) is 61.7 Å². The van der Waals surface area contributed by atoms with Gasteiger partial charge in [-0.3, -0.25) is 9.10 Å². The number of sulfonamides is 1. The predicted octanol–water partition coefficient (Wildman–Crippen LogP) is 3.12. The molecule has 150 valence electrons. The second-order valence-electron chi connectivity index (χ2n) is 6.60. The maximum atomic E-state index is 13.5. The summed E-state index contributed by atoms with van der Waals surface area (Å²) in [5, 5.41) is 2.63. The summed E-state index contributed by atoms with van der Waals surface area (Å²) in [7, 11) is -2.63. The van der Waals surface area contributed by atoms with Crippen molar-refractivity contribution in [2.75, 3.05) is 24.5 Å². The highest BCUT2D eigenvalue weighted by atomic mass is 32.2. The molecule has 2 rings (SSSR count). The minimum atomic E-state index is -4.05. The number of anilines is 1. The fraction of sp³-hybridized carbons (Fsp3) is 0.286. The third-order valence-corrected chi connectivity index (χ3v) is 5.91. The Morgan fingerprint density at radius 3 is 2.32 bits per heavy atom. The van der Waals surface area contributed by atoms with E-state index in [-0.39, 0.29) is 23.7 Å². The van der Waals surface area contributed by atoms with Crippen molar-refractivity contribution >= 4 is 21.6 Å². The van der Waals surface area contributed by atoms with E-state index < -0.39 is 15.9 Å². The number of amides is 1. The third-order valence-electron chi connectivity index (χ3n) is 4.11. The normalized spacial score (nSPS) is 11.0. The van der Waals surface area contributed by atoms with Crippen LogP contribution in [0, 0.1) is 20.8 Å². The Morgan fingerprint density at radius 1 is 1.11 bits per heavy atom. The first kappa shape index (κ1) is 21.5. The van der Waals surface area contributed by atoms with Gasteiger partial charge in [0.2, 0.25) is 5.91 Å². The summed E-state index contributed by atoms with van der Waals surface area (Å²) in [5.41, 5.74) is 3.00. The number of hydrogen-bond acceptors (Lipinski definition) is 4. The number of benzene rings is 2. The molecule has 0 bridgehead atoms. The third kappa shape index (κ3) is 4.92. The predicted molar refractivity (Wildman–Crippen MR) is 111 cm³/mol. The highest BCUT2D eigenvalue weighted by Gasteiger charge is 2.30. The molecule has 0 radical (unpaired) electrons. The molecule has 0 aliphatic heterocycles. The van der Waals surface area contributed by atoms with Crippen LogP contribution in [0.4, 0.5) is 5.69 Å². The summed E-state index contributed by atoms with van der Waals surface area (Å²) in [6.45, 7) is 9.03. The molecule has 0 aliphatic carbocycles. The molecule has 1 amide bonds. The molecular weight excluding hydrogens is 376 g/mol. The minimum absolute atomic E-state index is 0.0191. The summed E-state index contributed by atoms with van der Waals surface area (Å²) >= 11 is 0. The summed E-state index contributed by atoms with van der Waals surface area (Å²) < 4.78 is 33.5. The van der Waals surface area contributed by atoms with Crippen molar-refractivity contribution in [3.05, 3.63) is 65.7 Å². The average Bonchev–Trinajstić information content (AvgIpc) is 2.63. The Bertz CT molecular complexity index is 964. The van der Waals surface area contributed by atoms with Crippen molar-refractivity contribution in [3.8, 4) is 5.75 Å². The van der Waals surface area contributed by atoms with Gasteiger partial charge in [-0.2, -0.15) is 0 Å². The fourth-order valence-corrected chi connectivity index (χ4v) is 4.53. The molecule has 0 aromatic heterocycles. The van der Waals surface area contributed by atoms with Crippen LogP contribution in [-0.2, 0) is 14.8 Å². The zero-order valence-electron chi connectivity index (χ0n) is 16.7.